The van der Waals surface area contributed by atoms with Crippen LogP contribution in [0.4, 0.5) is 0 Å². The molecular weight excluding hydrogens is 215 g/mol. The number of carbonyl (C=O) groups is 1. The highest BCUT2D eigenvalue weighted by Crippen LogP contribution is 2.05. The Bertz CT molecular complexity index is 363. The highest BCUT2D eigenvalue weighted by atomic mass is 16.4. The fourth-order valence-corrected chi connectivity index (χ4v) is 1.82. The fraction of sp³-hybridized carbons (Fsp3) is 0.462. The third-order valence-electron chi connectivity index (χ3n) is 2.78. The summed E-state index contributed by atoms with van der Waals surface area (Å²) in [4.78, 5) is 11.7. The summed E-state index contributed by atoms with van der Waals surface area (Å²) < 4.78 is 0. The van der Waals surface area contributed by atoms with Crippen LogP contribution in [0.5, 0.6) is 0 Å². The van der Waals surface area contributed by atoms with Crippen molar-refractivity contribution in [3.63, 3.8) is 0 Å². The number of carbonyl (C=O) groups excluding carboxylic acids is 1. The molecule has 0 atom stereocenters. The summed E-state index contributed by atoms with van der Waals surface area (Å²) in [6, 6.07) is 6.95. The molecule has 17 heavy (non-hydrogen) atoms. The molecule has 1 rings (SSSR count). The zero-order chi connectivity index (χ0) is 12.7. The van der Waals surface area contributed by atoms with Crippen molar-refractivity contribution in [3.8, 4) is 0 Å². The summed E-state index contributed by atoms with van der Waals surface area (Å²) in [5.74, 6) is 0.159. The highest BCUT2D eigenvalue weighted by molar-refractivity contribution is 6.59. The maximum atomic E-state index is 11.7. The molecule has 2 N–H and O–H groups in total. The molecule has 0 radical (unpaired) electrons. The Balaban J connectivity index is 2.58. The van der Waals surface area contributed by atoms with Gasteiger partial charge in [0.05, 0.1) is 0 Å². The quantitative estimate of drug-likeness (QED) is 0.547. The number of hydrogen-bond donors (Lipinski definition) is 2. The average molecular weight is 234 g/mol. The number of rotatable bonds is 7. The Hall–Kier alpha value is -1.13. The smallest absolute Gasteiger partial charge is 0.423 e. The minimum atomic E-state index is -1.50. The van der Waals surface area contributed by atoms with Gasteiger partial charge in [0.15, 0.2) is 0 Å². The van der Waals surface area contributed by atoms with Crippen LogP contribution in [0.2, 0.25) is 0 Å². The predicted molar refractivity (Wildman–Crippen MR) is 69.1 cm³/mol. The van der Waals surface area contributed by atoms with Crippen LogP contribution < -0.4 is 5.46 Å². The van der Waals surface area contributed by atoms with E-state index in [1.54, 1.807) is 24.3 Å². The lowest BCUT2D eigenvalue weighted by Crippen LogP contribution is -2.33. The molecule has 0 bridgehead atoms. The second kappa shape index (κ2) is 7.25. The second-order valence-electron chi connectivity index (χ2n) is 4.25. The molecule has 0 aromatic heterocycles. The van der Waals surface area contributed by atoms with Gasteiger partial charge in [0, 0.05) is 12.8 Å². The standard InChI is InChI=1S/C13H19BO3/c1-2-3-4-8-12(15)10-11-7-5-6-9-13(11)14(16)17/h5-7,9,16-17H,2-4,8,10H2,1H3. The molecular formula is C13H19BO3. The SMILES string of the molecule is CCCCCC(=O)Cc1ccccc1B(O)O. The zero-order valence-corrected chi connectivity index (χ0v) is 10.2. The van der Waals surface area contributed by atoms with Gasteiger partial charge in [-0.15, -0.1) is 0 Å². The average Bonchev–Trinajstić information content (AvgIpc) is 2.29. The Morgan fingerprint density at radius 1 is 1.24 bits per heavy atom. The van der Waals surface area contributed by atoms with Crippen LogP contribution in [0.25, 0.3) is 0 Å². The van der Waals surface area contributed by atoms with Crippen LogP contribution in [-0.2, 0) is 11.2 Å². The molecule has 0 amide bonds. The van der Waals surface area contributed by atoms with E-state index in [9.17, 15) is 14.8 Å². The van der Waals surface area contributed by atoms with Crippen LogP contribution in [0.15, 0.2) is 24.3 Å². The molecule has 0 aliphatic carbocycles. The Kier molecular flexibility index (Phi) is 5.94. The third kappa shape index (κ3) is 4.71. The fourth-order valence-electron chi connectivity index (χ4n) is 1.82. The van der Waals surface area contributed by atoms with Gasteiger partial charge < -0.3 is 10.0 Å². The zero-order valence-electron chi connectivity index (χ0n) is 10.2. The van der Waals surface area contributed by atoms with Gasteiger partial charge >= 0.3 is 7.12 Å². The van der Waals surface area contributed by atoms with Crippen molar-refractivity contribution in [3.05, 3.63) is 29.8 Å². The van der Waals surface area contributed by atoms with E-state index in [1.165, 1.54) is 0 Å². The number of Topliss-reactive ketones (excluding diaryl/α,β-unsaturated/α-hetero) is 1. The first kappa shape index (κ1) is 13.9. The minimum absolute atomic E-state index is 0.159. The summed E-state index contributed by atoms with van der Waals surface area (Å²) in [7, 11) is -1.50. The Labute approximate surface area is 103 Å². The van der Waals surface area contributed by atoms with Gasteiger partial charge in [0.2, 0.25) is 0 Å². The van der Waals surface area contributed by atoms with Crippen LogP contribution in [0.3, 0.4) is 0 Å². The molecule has 1 aromatic carbocycles. The maximum absolute atomic E-state index is 11.7. The monoisotopic (exact) mass is 234 g/mol. The molecule has 0 fully saturated rings. The molecule has 0 aliphatic heterocycles. The first-order valence-corrected chi connectivity index (χ1v) is 6.10. The topological polar surface area (TPSA) is 57.5 Å². The largest absolute Gasteiger partial charge is 0.488 e. The lowest BCUT2D eigenvalue weighted by molar-refractivity contribution is -0.118. The number of benzene rings is 1. The summed E-state index contributed by atoms with van der Waals surface area (Å²) in [6.45, 7) is 2.10. The Morgan fingerprint density at radius 2 is 1.94 bits per heavy atom. The molecule has 92 valence electrons. The first-order valence-electron chi connectivity index (χ1n) is 6.10. The van der Waals surface area contributed by atoms with Crippen LogP contribution in [0, 0.1) is 0 Å². The molecule has 0 unspecified atom stereocenters. The van der Waals surface area contributed by atoms with Gasteiger partial charge in [-0.05, 0) is 17.4 Å². The van der Waals surface area contributed by atoms with E-state index in [0.717, 1.165) is 19.3 Å². The molecule has 4 heteroatoms. The van der Waals surface area contributed by atoms with Crippen molar-refractivity contribution in [2.75, 3.05) is 0 Å². The highest BCUT2D eigenvalue weighted by Gasteiger charge is 2.16. The van der Waals surface area contributed by atoms with Gasteiger partial charge in [-0.3, -0.25) is 4.79 Å². The van der Waals surface area contributed by atoms with E-state index in [1.807, 2.05) is 0 Å². The van der Waals surface area contributed by atoms with Crippen LogP contribution in [0.1, 0.15) is 38.2 Å². The van der Waals surface area contributed by atoms with Crippen molar-refractivity contribution in [1.82, 2.24) is 0 Å². The molecule has 0 spiro atoms. The number of hydrogen-bond acceptors (Lipinski definition) is 3. The molecule has 1 aromatic rings. The normalized spacial score (nSPS) is 10.3. The summed E-state index contributed by atoms with van der Waals surface area (Å²) >= 11 is 0. The van der Waals surface area contributed by atoms with Crippen molar-refractivity contribution >= 4 is 18.4 Å². The lowest BCUT2D eigenvalue weighted by atomic mass is 9.76. The van der Waals surface area contributed by atoms with Gasteiger partial charge in [0.25, 0.3) is 0 Å². The second-order valence-corrected chi connectivity index (χ2v) is 4.25. The molecule has 0 aliphatic rings. The van der Waals surface area contributed by atoms with E-state index >= 15 is 0 Å². The van der Waals surface area contributed by atoms with Gasteiger partial charge in [-0.2, -0.15) is 0 Å². The molecule has 0 saturated carbocycles. The summed E-state index contributed by atoms with van der Waals surface area (Å²) in [6.07, 6.45) is 3.94. The molecule has 0 saturated heterocycles. The third-order valence-corrected chi connectivity index (χ3v) is 2.78. The van der Waals surface area contributed by atoms with E-state index < -0.39 is 7.12 Å². The van der Waals surface area contributed by atoms with Crippen molar-refractivity contribution < 1.29 is 14.8 Å². The molecule has 0 heterocycles. The predicted octanol–water partition coefficient (Wildman–Crippen LogP) is 1.06. The van der Waals surface area contributed by atoms with E-state index in [0.29, 0.717) is 17.4 Å². The van der Waals surface area contributed by atoms with Crippen molar-refractivity contribution in [2.24, 2.45) is 0 Å². The van der Waals surface area contributed by atoms with E-state index in [2.05, 4.69) is 6.92 Å². The minimum Gasteiger partial charge on any atom is -0.423 e. The maximum Gasteiger partial charge on any atom is 0.488 e. The first-order chi connectivity index (χ1) is 8.15. The molecule has 3 nitrogen and oxygen atoms in total. The van der Waals surface area contributed by atoms with E-state index in [4.69, 9.17) is 0 Å². The van der Waals surface area contributed by atoms with E-state index in [-0.39, 0.29) is 12.2 Å². The van der Waals surface area contributed by atoms with Crippen molar-refractivity contribution in [1.29, 1.82) is 0 Å². The van der Waals surface area contributed by atoms with Gasteiger partial charge in [0.1, 0.15) is 5.78 Å². The lowest BCUT2D eigenvalue weighted by Gasteiger charge is -2.07. The number of unbranched alkanes of at least 4 members (excludes halogenated alkanes) is 2. The Morgan fingerprint density at radius 3 is 2.59 bits per heavy atom. The van der Waals surface area contributed by atoms with Crippen LogP contribution in [-0.4, -0.2) is 22.9 Å². The van der Waals surface area contributed by atoms with Gasteiger partial charge in [-0.1, -0.05) is 44.0 Å². The summed E-state index contributed by atoms with van der Waals surface area (Å²) in [5, 5.41) is 18.4. The van der Waals surface area contributed by atoms with Crippen LogP contribution >= 0.6 is 0 Å². The summed E-state index contributed by atoms with van der Waals surface area (Å²) in [5.41, 5.74) is 1.14. The number of ketones is 1. The van der Waals surface area contributed by atoms with Crippen molar-refractivity contribution in [2.45, 2.75) is 39.0 Å². The van der Waals surface area contributed by atoms with Gasteiger partial charge in [-0.25, -0.2) is 0 Å².